The predicted molar refractivity (Wildman–Crippen MR) is 80.4 cm³/mol. The van der Waals surface area contributed by atoms with Crippen LogP contribution in [0.3, 0.4) is 0 Å². The molecule has 1 saturated carbocycles. The second kappa shape index (κ2) is 6.34. The average molecular weight is 310 g/mol. The number of benzene rings is 1. The summed E-state index contributed by atoms with van der Waals surface area (Å²) in [5.41, 5.74) is 0.602. The molecule has 1 N–H and O–H groups in total. The van der Waals surface area contributed by atoms with Gasteiger partial charge >= 0.3 is 0 Å². The molecule has 1 heterocycles. The van der Waals surface area contributed by atoms with E-state index in [-0.39, 0.29) is 17.8 Å². The Balaban J connectivity index is 1.49. The van der Waals surface area contributed by atoms with Gasteiger partial charge in [-0.05, 0) is 37.1 Å². The van der Waals surface area contributed by atoms with E-state index in [0.29, 0.717) is 23.7 Å². The highest BCUT2D eigenvalue weighted by atomic mass is 35.5. The minimum absolute atomic E-state index is 0.0562. The number of ether oxygens (including phenoxy) is 2. The fourth-order valence-electron chi connectivity index (χ4n) is 2.98. The van der Waals surface area contributed by atoms with Gasteiger partial charge in [0.1, 0.15) is 6.10 Å². The highest BCUT2D eigenvalue weighted by Crippen LogP contribution is 2.37. The molecule has 0 radical (unpaired) electrons. The maximum atomic E-state index is 12.0. The van der Waals surface area contributed by atoms with Gasteiger partial charge in [0.15, 0.2) is 5.79 Å². The quantitative estimate of drug-likeness (QED) is 0.933. The van der Waals surface area contributed by atoms with E-state index in [2.05, 4.69) is 5.32 Å². The topological polar surface area (TPSA) is 47.6 Å². The molecular formula is C16H20ClNO3. The van der Waals surface area contributed by atoms with Gasteiger partial charge in [-0.2, -0.15) is 0 Å². The lowest BCUT2D eigenvalue weighted by Crippen LogP contribution is -2.37. The molecule has 3 rings (SSSR count). The van der Waals surface area contributed by atoms with Crippen LogP contribution in [-0.2, 0) is 9.47 Å². The van der Waals surface area contributed by atoms with Crippen LogP contribution in [0.15, 0.2) is 24.3 Å². The summed E-state index contributed by atoms with van der Waals surface area (Å²) in [6, 6.07) is 6.85. The highest BCUT2D eigenvalue weighted by Gasteiger charge is 2.42. The predicted octanol–water partition coefficient (Wildman–Crippen LogP) is 3.15. The highest BCUT2D eigenvalue weighted by molar-refractivity contribution is 6.30. The summed E-state index contributed by atoms with van der Waals surface area (Å²) in [7, 11) is 0. The van der Waals surface area contributed by atoms with Gasteiger partial charge in [-0.15, -0.1) is 0 Å². The Morgan fingerprint density at radius 2 is 1.95 bits per heavy atom. The van der Waals surface area contributed by atoms with Crippen molar-refractivity contribution in [1.82, 2.24) is 5.32 Å². The molecule has 0 unspecified atom stereocenters. The van der Waals surface area contributed by atoms with Crippen LogP contribution in [0, 0.1) is 0 Å². The van der Waals surface area contributed by atoms with Gasteiger partial charge in [-0.3, -0.25) is 4.79 Å². The van der Waals surface area contributed by atoms with Gasteiger partial charge in [0.2, 0.25) is 0 Å². The number of carbonyl (C=O) groups is 1. The van der Waals surface area contributed by atoms with E-state index in [1.807, 2.05) is 0 Å². The molecule has 0 aromatic heterocycles. The molecule has 5 heteroatoms. The van der Waals surface area contributed by atoms with Crippen molar-refractivity contribution in [3.8, 4) is 0 Å². The Kier molecular flexibility index (Phi) is 4.48. The second-order valence-electron chi connectivity index (χ2n) is 5.74. The molecule has 114 valence electrons. The molecule has 2 aliphatic rings. The normalized spacial score (nSPS) is 24.1. The first-order valence-electron chi connectivity index (χ1n) is 7.52. The largest absolute Gasteiger partial charge is 0.349 e. The smallest absolute Gasteiger partial charge is 0.251 e. The molecule has 1 spiro atoms. The molecule has 1 aliphatic heterocycles. The molecule has 2 fully saturated rings. The van der Waals surface area contributed by atoms with Crippen molar-refractivity contribution in [3.63, 3.8) is 0 Å². The van der Waals surface area contributed by atoms with Gasteiger partial charge in [0.25, 0.3) is 5.91 Å². The van der Waals surface area contributed by atoms with Gasteiger partial charge in [-0.1, -0.05) is 18.0 Å². The lowest BCUT2D eigenvalue weighted by atomic mass is 9.94. The fraction of sp³-hybridized carbons (Fsp3) is 0.562. The van der Waals surface area contributed by atoms with Gasteiger partial charge in [0.05, 0.1) is 6.61 Å². The standard InChI is InChI=1S/C16H20ClNO3/c17-13-6-4-12(5-7-13)15(19)18-10-14-11-20-16(21-14)8-2-1-3-9-16/h4-7,14H,1-3,8-11H2,(H,18,19)/t14-/m1/s1. The lowest BCUT2D eigenvalue weighted by Gasteiger charge is -2.31. The molecule has 1 aromatic carbocycles. The summed E-state index contributed by atoms with van der Waals surface area (Å²) in [5.74, 6) is -0.492. The first kappa shape index (κ1) is 14.8. The Bertz CT molecular complexity index is 497. The molecule has 0 bridgehead atoms. The van der Waals surface area contributed by atoms with Crippen LogP contribution >= 0.6 is 11.6 Å². The van der Waals surface area contributed by atoms with Crippen molar-refractivity contribution in [2.24, 2.45) is 0 Å². The molecule has 1 aromatic rings. The molecule has 1 atom stereocenters. The van der Waals surface area contributed by atoms with Crippen molar-refractivity contribution in [1.29, 1.82) is 0 Å². The monoisotopic (exact) mass is 309 g/mol. The summed E-state index contributed by atoms with van der Waals surface area (Å²) in [6.07, 6.45) is 5.45. The summed E-state index contributed by atoms with van der Waals surface area (Å²) >= 11 is 5.81. The Labute approximate surface area is 129 Å². The van der Waals surface area contributed by atoms with Crippen LogP contribution in [0.4, 0.5) is 0 Å². The van der Waals surface area contributed by atoms with Gasteiger partial charge in [-0.25, -0.2) is 0 Å². The molecular weight excluding hydrogens is 290 g/mol. The summed E-state index contributed by atoms with van der Waals surface area (Å²) < 4.78 is 11.9. The SMILES string of the molecule is O=C(NC[C@@H]1COC2(CCCCC2)O1)c1ccc(Cl)cc1. The lowest BCUT2D eigenvalue weighted by molar-refractivity contribution is -0.186. The minimum atomic E-state index is -0.381. The number of hydrogen-bond donors (Lipinski definition) is 1. The van der Waals surface area contributed by atoms with E-state index >= 15 is 0 Å². The number of nitrogens with one attached hydrogen (secondary N) is 1. The molecule has 1 amide bonds. The Morgan fingerprint density at radius 3 is 2.67 bits per heavy atom. The van der Waals surface area contributed by atoms with Crippen LogP contribution in [-0.4, -0.2) is 30.9 Å². The van der Waals surface area contributed by atoms with Crippen molar-refractivity contribution in [3.05, 3.63) is 34.9 Å². The second-order valence-corrected chi connectivity index (χ2v) is 6.18. The Morgan fingerprint density at radius 1 is 1.24 bits per heavy atom. The van der Waals surface area contributed by atoms with E-state index in [1.165, 1.54) is 6.42 Å². The third-order valence-electron chi connectivity index (χ3n) is 4.13. The maximum Gasteiger partial charge on any atom is 0.251 e. The molecule has 21 heavy (non-hydrogen) atoms. The third kappa shape index (κ3) is 3.57. The van der Waals surface area contributed by atoms with Crippen molar-refractivity contribution in [2.75, 3.05) is 13.2 Å². The van der Waals surface area contributed by atoms with E-state index < -0.39 is 0 Å². The average Bonchev–Trinajstić information content (AvgIpc) is 2.89. The Hall–Kier alpha value is -1.10. The van der Waals surface area contributed by atoms with Crippen LogP contribution in [0.2, 0.25) is 5.02 Å². The van der Waals surface area contributed by atoms with Crippen LogP contribution in [0.25, 0.3) is 0 Å². The van der Waals surface area contributed by atoms with Crippen LogP contribution in [0.1, 0.15) is 42.5 Å². The number of hydrogen-bond acceptors (Lipinski definition) is 3. The summed E-state index contributed by atoms with van der Waals surface area (Å²) in [5, 5.41) is 3.52. The first-order chi connectivity index (χ1) is 10.2. The minimum Gasteiger partial charge on any atom is -0.349 e. The van der Waals surface area contributed by atoms with Crippen LogP contribution < -0.4 is 5.32 Å². The molecule has 1 aliphatic carbocycles. The number of carbonyl (C=O) groups excluding carboxylic acids is 1. The van der Waals surface area contributed by atoms with E-state index in [4.69, 9.17) is 21.1 Å². The zero-order chi connectivity index (χ0) is 14.7. The maximum absolute atomic E-state index is 12.0. The van der Waals surface area contributed by atoms with E-state index in [9.17, 15) is 4.79 Å². The van der Waals surface area contributed by atoms with E-state index in [0.717, 1.165) is 25.7 Å². The summed E-state index contributed by atoms with van der Waals surface area (Å²) in [6.45, 7) is 1.03. The number of halogens is 1. The fourth-order valence-corrected chi connectivity index (χ4v) is 3.11. The van der Waals surface area contributed by atoms with Gasteiger partial charge < -0.3 is 14.8 Å². The van der Waals surface area contributed by atoms with Gasteiger partial charge in [0, 0.05) is 30.0 Å². The van der Waals surface area contributed by atoms with Crippen molar-refractivity contribution < 1.29 is 14.3 Å². The number of amides is 1. The first-order valence-corrected chi connectivity index (χ1v) is 7.90. The van der Waals surface area contributed by atoms with E-state index in [1.54, 1.807) is 24.3 Å². The molecule has 4 nitrogen and oxygen atoms in total. The van der Waals surface area contributed by atoms with Crippen molar-refractivity contribution in [2.45, 2.75) is 44.0 Å². The van der Waals surface area contributed by atoms with Crippen LogP contribution in [0.5, 0.6) is 0 Å². The molecule has 1 saturated heterocycles. The zero-order valence-corrected chi connectivity index (χ0v) is 12.7. The van der Waals surface area contributed by atoms with Crippen molar-refractivity contribution >= 4 is 17.5 Å². The zero-order valence-electron chi connectivity index (χ0n) is 11.9. The number of rotatable bonds is 3. The third-order valence-corrected chi connectivity index (χ3v) is 4.38. The summed E-state index contributed by atoms with van der Waals surface area (Å²) in [4.78, 5) is 12.0.